The number of hydrogen-bond donors (Lipinski definition) is 0. The van der Waals surface area contributed by atoms with Gasteiger partial charge >= 0.3 is 0 Å². The number of rotatable bonds is 2. The van der Waals surface area contributed by atoms with Crippen molar-refractivity contribution >= 4 is 28.7 Å². The van der Waals surface area contributed by atoms with Crippen LogP contribution in [0, 0.1) is 0 Å². The van der Waals surface area contributed by atoms with E-state index >= 15 is 0 Å². The monoisotopic (exact) mass is 347 g/mol. The Bertz CT molecular complexity index is 721. The summed E-state index contributed by atoms with van der Waals surface area (Å²) in [7, 11) is 0. The Balaban J connectivity index is 1.48. The van der Waals surface area contributed by atoms with Crippen molar-refractivity contribution in [2.45, 2.75) is 31.4 Å². The lowest BCUT2D eigenvalue weighted by Gasteiger charge is -2.44. The smallest absolute Gasteiger partial charge is 0.170 e. The van der Waals surface area contributed by atoms with Crippen LogP contribution >= 0.6 is 22.9 Å². The van der Waals surface area contributed by atoms with Crippen LogP contribution in [0.5, 0.6) is 5.75 Å². The number of carbonyl (C=O) groups excluding carboxylic acids is 1. The van der Waals surface area contributed by atoms with Crippen molar-refractivity contribution in [1.82, 2.24) is 4.90 Å². The molecule has 3 nitrogen and oxygen atoms in total. The van der Waals surface area contributed by atoms with Gasteiger partial charge in [-0.15, -0.1) is 11.3 Å². The third kappa shape index (κ3) is 3.03. The van der Waals surface area contributed by atoms with Gasteiger partial charge in [0.05, 0.1) is 12.0 Å². The first-order valence-electron chi connectivity index (χ1n) is 7.90. The fraction of sp³-hybridized carbons (Fsp3) is 0.389. The number of ketones is 1. The molecule has 0 unspecified atom stereocenters. The van der Waals surface area contributed by atoms with E-state index in [-0.39, 0.29) is 11.4 Å². The van der Waals surface area contributed by atoms with E-state index in [9.17, 15) is 4.79 Å². The van der Waals surface area contributed by atoms with Crippen LogP contribution in [0.15, 0.2) is 35.7 Å². The van der Waals surface area contributed by atoms with Crippen LogP contribution in [0.4, 0.5) is 0 Å². The first kappa shape index (κ1) is 15.2. The van der Waals surface area contributed by atoms with E-state index < -0.39 is 0 Å². The molecule has 4 rings (SSSR count). The molecule has 2 aliphatic heterocycles. The zero-order chi connectivity index (χ0) is 15.9. The highest BCUT2D eigenvalue weighted by Gasteiger charge is 2.42. The van der Waals surface area contributed by atoms with Crippen molar-refractivity contribution in [2.24, 2.45) is 0 Å². The second kappa shape index (κ2) is 5.93. The summed E-state index contributed by atoms with van der Waals surface area (Å²) in [5.41, 5.74) is 0.321. The molecule has 0 bridgehead atoms. The Labute approximate surface area is 144 Å². The average molecular weight is 348 g/mol. The zero-order valence-electron chi connectivity index (χ0n) is 12.8. The number of nitrogens with zero attached hydrogens (tertiary/aromatic N) is 1. The highest BCUT2D eigenvalue weighted by Crippen LogP contribution is 2.40. The quantitative estimate of drug-likeness (QED) is 0.806. The first-order valence-corrected chi connectivity index (χ1v) is 9.16. The highest BCUT2D eigenvalue weighted by atomic mass is 35.5. The Morgan fingerprint density at radius 2 is 2.09 bits per heavy atom. The molecule has 0 amide bonds. The summed E-state index contributed by atoms with van der Waals surface area (Å²) >= 11 is 7.85. The molecule has 1 spiro atoms. The van der Waals surface area contributed by atoms with E-state index in [1.54, 1.807) is 29.5 Å². The van der Waals surface area contributed by atoms with Crippen molar-refractivity contribution in [1.29, 1.82) is 0 Å². The van der Waals surface area contributed by atoms with Crippen molar-refractivity contribution in [3.63, 3.8) is 0 Å². The maximum absolute atomic E-state index is 12.5. The summed E-state index contributed by atoms with van der Waals surface area (Å²) in [5.74, 6) is 0.829. The molecule has 0 saturated carbocycles. The Hall–Kier alpha value is -1.36. The minimum absolute atomic E-state index is 0.176. The number of fused-ring (bicyclic) bond motifs is 1. The first-order chi connectivity index (χ1) is 11.1. The van der Waals surface area contributed by atoms with Crippen molar-refractivity contribution in [2.75, 3.05) is 13.1 Å². The van der Waals surface area contributed by atoms with E-state index in [4.69, 9.17) is 16.3 Å². The topological polar surface area (TPSA) is 29.5 Å². The van der Waals surface area contributed by atoms with Gasteiger partial charge in [0.15, 0.2) is 5.78 Å². The van der Waals surface area contributed by atoms with Gasteiger partial charge in [0.2, 0.25) is 0 Å². The third-order valence-corrected chi connectivity index (χ3v) is 5.88. The van der Waals surface area contributed by atoms with Crippen LogP contribution in [0.2, 0.25) is 5.02 Å². The van der Waals surface area contributed by atoms with E-state index in [1.165, 1.54) is 4.88 Å². The summed E-state index contributed by atoms with van der Waals surface area (Å²) in [6.45, 7) is 2.91. The standard InChI is InChI=1S/C18H18ClNO2S/c19-13-3-4-15-16(21)11-18(22-17(15)10-13)5-7-20(8-6-18)12-14-2-1-9-23-14/h1-4,9-10H,5-8,11-12H2. The molecule has 1 saturated heterocycles. The number of halogens is 1. The number of hydrogen-bond acceptors (Lipinski definition) is 4. The number of piperidine rings is 1. The predicted octanol–water partition coefficient (Wildman–Crippen LogP) is 4.40. The maximum Gasteiger partial charge on any atom is 0.170 e. The van der Waals surface area contributed by atoms with Gasteiger partial charge in [0, 0.05) is 42.4 Å². The Kier molecular flexibility index (Phi) is 3.92. The molecule has 1 aromatic carbocycles. The molecule has 0 N–H and O–H groups in total. The molecule has 5 heteroatoms. The predicted molar refractivity (Wildman–Crippen MR) is 92.6 cm³/mol. The number of likely N-dealkylation sites (tertiary alicyclic amines) is 1. The molecular formula is C18H18ClNO2S. The normalized spacial score (nSPS) is 20.3. The SMILES string of the molecule is O=C1CC2(CCN(Cc3cccs3)CC2)Oc2cc(Cl)ccc21. The molecule has 1 aromatic heterocycles. The highest BCUT2D eigenvalue weighted by molar-refractivity contribution is 7.09. The lowest BCUT2D eigenvalue weighted by atomic mass is 9.82. The number of Topliss-reactive ketones (excluding diaryl/α,β-unsaturated/α-hetero) is 1. The summed E-state index contributed by atoms with van der Waals surface area (Å²) in [5, 5.41) is 2.73. The summed E-state index contributed by atoms with van der Waals surface area (Å²) in [4.78, 5) is 16.3. The average Bonchev–Trinajstić information content (AvgIpc) is 3.02. The van der Waals surface area contributed by atoms with Gasteiger partial charge in [0.25, 0.3) is 0 Å². The summed E-state index contributed by atoms with van der Waals surface area (Å²) < 4.78 is 6.27. The lowest BCUT2D eigenvalue weighted by Crippen LogP contribution is -2.50. The molecule has 0 radical (unpaired) electrons. The number of thiophene rings is 1. The fourth-order valence-corrected chi connectivity index (χ4v) is 4.40. The molecule has 0 aliphatic carbocycles. The minimum atomic E-state index is -0.347. The van der Waals surface area contributed by atoms with Gasteiger partial charge in [-0.05, 0) is 29.6 Å². The van der Waals surface area contributed by atoms with Crippen LogP contribution in [0.3, 0.4) is 0 Å². The van der Waals surface area contributed by atoms with Gasteiger partial charge in [-0.3, -0.25) is 9.69 Å². The molecule has 1 fully saturated rings. The van der Waals surface area contributed by atoms with E-state index in [0.717, 1.165) is 32.5 Å². The molecular weight excluding hydrogens is 330 g/mol. The second-order valence-corrected chi connectivity index (χ2v) is 7.85. The van der Waals surface area contributed by atoms with Gasteiger partial charge in [0.1, 0.15) is 11.4 Å². The van der Waals surface area contributed by atoms with E-state index in [0.29, 0.717) is 22.8 Å². The fourth-order valence-electron chi connectivity index (χ4n) is 3.49. The van der Waals surface area contributed by atoms with Gasteiger partial charge in [-0.1, -0.05) is 17.7 Å². The molecule has 0 atom stereocenters. The van der Waals surface area contributed by atoms with Crippen LogP contribution in [0.1, 0.15) is 34.5 Å². The number of ether oxygens (including phenoxy) is 1. The Morgan fingerprint density at radius 1 is 1.26 bits per heavy atom. The molecule has 23 heavy (non-hydrogen) atoms. The van der Waals surface area contributed by atoms with Gasteiger partial charge in [-0.25, -0.2) is 0 Å². The third-order valence-electron chi connectivity index (χ3n) is 4.78. The van der Waals surface area contributed by atoms with Crippen molar-refractivity contribution < 1.29 is 9.53 Å². The van der Waals surface area contributed by atoms with Crippen LogP contribution < -0.4 is 4.74 Å². The molecule has 2 aliphatic rings. The molecule has 3 heterocycles. The van der Waals surface area contributed by atoms with Crippen LogP contribution in [-0.4, -0.2) is 29.4 Å². The van der Waals surface area contributed by atoms with Gasteiger partial charge < -0.3 is 4.74 Å². The van der Waals surface area contributed by atoms with Crippen molar-refractivity contribution in [3.05, 3.63) is 51.2 Å². The largest absolute Gasteiger partial charge is 0.486 e. The second-order valence-electron chi connectivity index (χ2n) is 6.38. The van der Waals surface area contributed by atoms with Crippen LogP contribution in [-0.2, 0) is 6.54 Å². The lowest BCUT2D eigenvalue weighted by molar-refractivity contribution is -0.0105. The number of carbonyl (C=O) groups is 1. The summed E-state index contributed by atoms with van der Waals surface area (Å²) in [6, 6.07) is 9.57. The summed E-state index contributed by atoms with van der Waals surface area (Å²) in [6.07, 6.45) is 2.25. The Morgan fingerprint density at radius 3 is 2.83 bits per heavy atom. The van der Waals surface area contributed by atoms with Gasteiger partial charge in [-0.2, -0.15) is 0 Å². The minimum Gasteiger partial charge on any atom is -0.486 e. The van der Waals surface area contributed by atoms with E-state index in [1.807, 2.05) is 0 Å². The molecule has 2 aromatic rings. The van der Waals surface area contributed by atoms with Crippen LogP contribution in [0.25, 0.3) is 0 Å². The molecule has 120 valence electrons. The maximum atomic E-state index is 12.5. The van der Waals surface area contributed by atoms with E-state index in [2.05, 4.69) is 22.4 Å². The number of benzene rings is 1. The zero-order valence-corrected chi connectivity index (χ0v) is 14.3. The van der Waals surface area contributed by atoms with Crippen molar-refractivity contribution in [3.8, 4) is 5.75 Å².